The Morgan fingerprint density at radius 1 is 1.16 bits per heavy atom. The van der Waals surface area contributed by atoms with Crippen LogP contribution >= 0.6 is 11.6 Å². The summed E-state index contributed by atoms with van der Waals surface area (Å²) in [5, 5.41) is 0. The van der Waals surface area contributed by atoms with Gasteiger partial charge in [0.25, 0.3) is 0 Å². The molecule has 0 spiro atoms. The first-order valence-corrected chi connectivity index (χ1v) is 7.21. The maximum atomic E-state index is 13.6. The van der Waals surface area contributed by atoms with Gasteiger partial charge >= 0.3 is 0 Å². The predicted molar refractivity (Wildman–Crippen MR) is 81.6 cm³/mol. The van der Waals surface area contributed by atoms with Crippen molar-refractivity contribution < 1.29 is 4.39 Å². The first kappa shape index (κ1) is 16.3. The molecule has 1 rings (SSSR count). The van der Waals surface area contributed by atoms with E-state index in [1.807, 2.05) is 20.2 Å². The van der Waals surface area contributed by atoms with Crippen LogP contribution in [0, 0.1) is 11.7 Å². The molecule has 0 atom stereocenters. The van der Waals surface area contributed by atoms with Crippen molar-refractivity contribution in [2.45, 2.75) is 19.7 Å². The van der Waals surface area contributed by atoms with Gasteiger partial charge in [-0.1, -0.05) is 13.8 Å². The quantitative estimate of drug-likeness (QED) is 0.707. The van der Waals surface area contributed by atoms with Gasteiger partial charge in [-0.2, -0.15) is 0 Å². The number of nitrogens with zero attached hydrogens (tertiary/aromatic N) is 2. The highest BCUT2D eigenvalue weighted by atomic mass is 35.5. The number of likely N-dealkylation sites (N-methyl/N-ethyl adjacent to an activating group) is 1. The minimum absolute atomic E-state index is 0.216. The highest BCUT2D eigenvalue weighted by Gasteiger charge is 2.11. The van der Waals surface area contributed by atoms with Crippen molar-refractivity contribution in [3.05, 3.63) is 29.6 Å². The highest BCUT2D eigenvalue weighted by molar-refractivity contribution is 6.17. The average Bonchev–Trinajstić information content (AvgIpc) is 2.32. The van der Waals surface area contributed by atoms with E-state index in [9.17, 15) is 4.39 Å². The first-order chi connectivity index (χ1) is 8.92. The van der Waals surface area contributed by atoms with Crippen LogP contribution in [0.5, 0.6) is 0 Å². The Bertz CT molecular complexity index is 394. The third-order valence-corrected chi connectivity index (χ3v) is 3.17. The van der Waals surface area contributed by atoms with Crippen molar-refractivity contribution in [2.24, 2.45) is 5.92 Å². The zero-order valence-electron chi connectivity index (χ0n) is 12.3. The molecule has 0 saturated carbocycles. The Labute approximate surface area is 121 Å². The third kappa shape index (κ3) is 5.79. The van der Waals surface area contributed by atoms with E-state index in [0.29, 0.717) is 11.8 Å². The lowest BCUT2D eigenvalue weighted by Crippen LogP contribution is -2.34. The molecule has 0 saturated heterocycles. The van der Waals surface area contributed by atoms with E-state index in [2.05, 4.69) is 23.6 Å². The van der Waals surface area contributed by atoms with Crippen molar-refractivity contribution in [3.8, 4) is 0 Å². The van der Waals surface area contributed by atoms with E-state index in [0.717, 1.165) is 30.9 Å². The normalized spacial score (nSPS) is 11.4. The van der Waals surface area contributed by atoms with Crippen LogP contribution in [-0.4, -0.2) is 38.6 Å². The summed E-state index contributed by atoms with van der Waals surface area (Å²) in [5.74, 6) is 0.658. The Kier molecular flexibility index (Phi) is 6.59. The van der Waals surface area contributed by atoms with E-state index >= 15 is 0 Å². The summed E-state index contributed by atoms with van der Waals surface area (Å²) in [5.41, 5.74) is 1.75. The van der Waals surface area contributed by atoms with Crippen LogP contribution < -0.4 is 4.90 Å². The van der Waals surface area contributed by atoms with Crippen molar-refractivity contribution in [3.63, 3.8) is 0 Å². The van der Waals surface area contributed by atoms with Gasteiger partial charge in [0.15, 0.2) is 0 Å². The summed E-state index contributed by atoms with van der Waals surface area (Å²) in [6, 6.07) is 5.07. The standard InChI is InChI=1S/C15H24ClFN2/c1-12(2)11-19(6-5-18(3)4)15-8-13(10-16)7-14(17)9-15/h7-9,12H,5-6,10-11H2,1-4H3. The molecule has 1 aromatic carbocycles. The van der Waals surface area contributed by atoms with Crippen molar-refractivity contribution in [1.82, 2.24) is 4.90 Å². The topological polar surface area (TPSA) is 6.48 Å². The monoisotopic (exact) mass is 286 g/mol. The number of benzene rings is 1. The van der Waals surface area contributed by atoms with Crippen LogP contribution in [-0.2, 0) is 5.88 Å². The molecule has 0 amide bonds. The summed E-state index contributed by atoms with van der Waals surface area (Å²) >= 11 is 5.82. The molecule has 0 heterocycles. The van der Waals surface area contributed by atoms with Gasteiger partial charge in [0, 0.05) is 31.2 Å². The number of anilines is 1. The van der Waals surface area contributed by atoms with Gasteiger partial charge in [0.1, 0.15) is 5.82 Å². The van der Waals surface area contributed by atoms with Gasteiger partial charge in [-0.25, -0.2) is 4.39 Å². The summed E-state index contributed by atoms with van der Waals surface area (Å²) in [4.78, 5) is 4.36. The van der Waals surface area contributed by atoms with E-state index in [4.69, 9.17) is 11.6 Å². The largest absolute Gasteiger partial charge is 0.370 e. The molecule has 0 aliphatic heterocycles. The fourth-order valence-electron chi connectivity index (χ4n) is 1.98. The molecule has 0 radical (unpaired) electrons. The third-order valence-electron chi connectivity index (χ3n) is 2.86. The van der Waals surface area contributed by atoms with Crippen LogP contribution in [0.15, 0.2) is 18.2 Å². The van der Waals surface area contributed by atoms with E-state index in [1.165, 1.54) is 6.07 Å². The number of hydrogen-bond donors (Lipinski definition) is 0. The van der Waals surface area contributed by atoms with Crippen molar-refractivity contribution in [1.29, 1.82) is 0 Å². The zero-order chi connectivity index (χ0) is 14.4. The number of halogens is 2. The Balaban J connectivity index is 2.91. The zero-order valence-corrected chi connectivity index (χ0v) is 13.0. The number of rotatable bonds is 7. The van der Waals surface area contributed by atoms with Crippen LogP contribution in [0.25, 0.3) is 0 Å². The molecule has 0 fully saturated rings. The summed E-state index contributed by atoms with van der Waals surface area (Å²) in [6.45, 7) is 7.09. The summed E-state index contributed by atoms with van der Waals surface area (Å²) in [7, 11) is 4.09. The average molecular weight is 287 g/mol. The van der Waals surface area contributed by atoms with Crippen LogP contribution in [0.2, 0.25) is 0 Å². The van der Waals surface area contributed by atoms with Gasteiger partial charge in [-0.05, 0) is 43.8 Å². The van der Waals surface area contributed by atoms with Gasteiger partial charge in [0.05, 0.1) is 0 Å². The smallest absolute Gasteiger partial charge is 0.125 e. The summed E-state index contributed by atoms with van der Waals surface area (Å²) in [6.07, 6.45) is 0. The Morgan fingerprint density at radius 2 is 1.84 bits per heavy atom. The maximum absolute atomic E-state index is 13.6. The maximum Gasteiger partial charge on any atom is 0.125 e. The minimum atomic E-state index is -0.216. The molecular weight excluding hydrogens is 263 g/mol. The van der Waals surface area contributed by atoms with Crippen LogP contribution in [0.1, 0.15) is 19.4 Å². The van der Waals surface area contributed by atoms with Crippen molar-refractivity contribution in [2.75, 3.05) is 38.6 Å². The van der Waals surface area contributed by atoms with E-state index < -0.39 is 0 Å². The number of hydrogen-bond acceptors (Lipinski definition) is 2. The molecule has 0 aliphatic rings. The lowest BCUT2D eigenvalue weighted by Gasteiger charge is -2.28. The fourth-order valence-corrected chi connectivity index (χ4v) is 2.13. The molecule has 0 aliphatic carbocycles. The number of alkyl halides is 1. The summed E-state index contributed by atoms with van der Waals surface area (Å²) < 4.78 is 13.6. The van der Waals surface area contributed by atoms with Crippen LogP contribution in [0.3, 0.4) is 0 Å². The molecule has 0 aromatic heterocycles. The molecule has 4 heteroatoms. The SMILES string of the molecule is CC(C)CN(CCN(C)C)c1cc(F)cc(CCl)c1. The Hall–Kier alpha value is -0.800. The lowest BCUT2D eigenvalue weighted by molar-refractivity contribution is 0.409. The molecule has 1 aromatic rings. The first-order valence-electron chi connectivity index (χ1n) is 6.67. The second kappa shape index (κ2) is 7.71. The van der Waals surface area contributed by atoms with Gasteiger partial charge in [-0.3, -0.25) is 0 Å². The molecule has 108 valence electrons. The Morgan fingerprint density at radius 3 is 2.37 bits per heavy atom. The fraction of sp³-hybridized carbons (Fsp3) is 0.600. The molecular formula is C15H24ClFN2. The second-order valence-corrected chi connectivity index (χ2v) is 5.86. The second-order valence-electron chi connectivity index (χ2n) is 5.59. The van der Waals surface area contributed by atoms with E-state index in [1.54, 1.807) is 6.07 Å². The molecule has 19 heavy (non-hydrogen) atoms. The van der Waals surface area contributed by atoms with Gasteiger partial charge in [0.2, 0.25) is 0 Å². The lowest BCUT2D eigenvalue weighted by atomic mass is 10.1. The molecule has 2 nitrogen and oxygen atoms in total. The van der Waals surface area contributed by atoms with Crippen molar-refractivity contribution >= 4 is 17.3 Å². The minimum Gasteiger partial charge on any atom is -0.370 e. The van der Waals surface area contributed by atoms with E-state index in [-0.39, 0.29) is 5.82 Å². The van der Waals surface area contributed by atoms with Gasteiger partial charge in [-0.15, -0.1) is 11.6 Å². The van der Waals surface area contributed by atoms with Gasteiger partial charge < -0.3 is 9.80 Å². The predicted octanol–water partition coefficient (Wildman–Crippen LogP) is 3.59. The molecule has 0 unspecified atom stereocenters. The molecule has 0 bridgehead atoms. The molecule has 0 N–H and O–H groups in total. The van der Waals surface area contributed by atoms with Crippen LogP contribution in [0.4, 0.5) is 10.1 Å². The highest BCUT2D eigenvalue weighted by Crippen LogP contribution is 2.21.